The molecule has 1 fully saturated rings. The first kappa shape index (κ1) is 23.0. The van der Waals surface area contributed by atoms with E-state index in [9.17, 15) is 9.59 Å². The molecule has 0 bridgehead atoms. The van der Waals surface area contributed by atoms with Gasteiger partial charge in [0, 0.05) is 34.3 Å². The standard InChI is InChI=1S/C26H29N3O3S/c1-16-7-9-19(10-8-16)29-23(30)12-11-20(24(29)22-6-5-13-33-22)26(31)28-15-21-18(3)25(32-4)17(2)14-27-21/h5-10,13-14,20,24H,11-12,15H2,1-4H3,(H,28,31). The number of thiophene rings is 1. The lowest BCUT2D eigenvalue weighted by molar-refractivity contribution is -0.129. The number of rotatable bonds is 6. The average molecular weight is 464 g/mol. The number of hydrogen-bond donors (Lipinski definition) is 1. The summed E-state index contributed by atoms with van der Waals surface area (Å²) in [6.07, 6.45) is 2.61. The van der Waals surface area contributed by atoms with E-state index in [2.05, 4.69) is 10.3 Å². The Kier molecular flexibility index (Phi) is 6.79. The molecule has 0 saturated carbocycles. The first-order valence-electron chi connectivity index (χ1n) is 11.1. The summed E-state index contributed by atoms with van der Waals surface area (Å²) in [6.45, 7) is 6.23. The van der Waals surface area contributed by atoms with Crippen LogP contribution in [0.15, 0.2) is 48.0 Å². The Hall–Kier alpha value is -3.19. The number of pyridine rings is 1. The summed E-state index contributed by atoms with van der Waals surface area (Å²) in [5, 5.41) is 5.07. The van der Waals surface area contributed by atoms with Crippen molar-refractivity contribution in [3.05, 3.63) is 75.2 Å². The van der Waals surface area contributed by atoms with Crippen LogP contribution >= 0.6 is 11.3 Å². The van der Waals surface area contributed by atoms with Crippen LogP contribution in [0.25, 0.3) is 0 Å². The van der Waals surface area contributed by atoms with Gasteiger partial charge < -0.3 is 15.0 Å². The number of benzene rings is 1. The number of piperidine rings is 1. The van der Waals surface area contributed by atoms with Crippen LogP contribution in [0.3, 0.4) is 0 Å². The molecule has 2 aromatic heterocycles. The van der Waals surface area contributed by atoms with Crippen molar-refractivity contribution in [2.75, 3.05) is 12.0 Å². The third kappa shape index (κ3) is 4.64. The number of methoxy groups -OCH3 is 1. The van der Waals surface area contributed by atoms with E-state index in [1.54, 1.807) is 29.5 Å². The molecule has 2 atom stereocenters. The van der Waals surface area contributed by atoms with Gasteiger partial charge in [0.25, 0.3) is 0 Å². The van der Waals surface area contributed by atoms with E-state index in [1.807, 2.05) is 62.5 Å². The summed E-state index contributed by atoms with van der Waals surface area (Å²) in [6, 6.07) is 11.5. The molecular weight excluding hydrogens is 434 g/mol. The molecular formula is C26H29N3O3S. The van der Waals surface area contributed by atoms with Crippen LogP contribution in [0.2, 0.25) is 0 Å². The van der Waals surface area contributed by atoms with Crippen molar-refractivity contribution in [3.8, 4) is 5.75 Å². The minimum absolute atomic E-state index is 0.0436. The quantitative estimate of drug-likeness (QED) is 0.566. The van der Waals surface area contributed by atoms with Gasteiger partial charge in [-0.3, -0.25) is 14.6 Å². The molecule has 1 aromatic carbocycles. The number of hydrogen-bond acceptors (Lipinski definition) is 5. The molecule has 3 aromatic rings. The molecule has 172 valence electrons. The molecule has 3 heterocycles. The Bertz CT molecular complexity index is 1140. The largest absolute Gasteiger partial charge is 0.496 e. The normalized spacial score (nSPS) is 18.3. The topological polar surface area (TPSA) is 71.5 Å². The van der Waals surface area contributed by atoms with Crippen LogP contribution in [-0.4, -0.2) is 23.9 Å². The summed E-state index contributed by atoms with van der Waals surface area (Å²) in [5.41, 5.74) is 4.61. The van der Waals surface area contributed by atoms with E-state index in [-0.39, 0.29) is 23.8 Å². The van der Waals surface area contributed by atoms with Gasteiger partial charge in [-0.25, -0.2) is 0 Å². The highest BCUT2D eigenvalue weighted by atomic mass is 32.1. The molecule has 1 saturated heterocycles. The Morgan fingerprint density at radius 2 is 1.97 bits per heavy atom. The highest BCUT2D eigenvalue weighted by molar-refractivity contribution is 7.10. The van der Waals surface area contributed by atoms with Gasteiger partial charge in [-0.05, 0) is 50.8 Å². The number of nitrogens with one attached hydrogen (secondary N) is 1. The van der Waals surface area contributed by atoms with Crippen LogP contribution in [0, 0.1) is 26.7 Å². The van der Waals surface area contributed by atoms with E-state index in [4.69, 9.17) is 4.74 Å². The van der Waals surface area contributed by atoms with Crippen LogP contribution in [-0.2, 0) is 16.1 Å². The fraction of sp³-hybridized carbons (Fsp3) is 0.346. The maximum Gasteiger partial charge on any atom is 0.227 e. The summed E-state index contributed by atoms with van der Waals surface area (Å²) >= 11 is 1.57. The number of carbonyl (C=O) groups is 2. The van der Waals surface area contributed by atoms with Gasteiger partial charge in [-0.15, -0.1) is 11.3 Å². The number of carbonyl (C=O) groups excluding carboxylic acids is 2. The number of amides is 2. The SMILES string of the molecule is COc1c(C)cnc(CNC(=O)C2CCC(=O)N(c3ccc(C)cc3)C2c2cccs2)c1C. The highest BCUT2D eigenvalue weighted by Gasteiger charge is 2.41. The molecule has 1 aliphatic rings. The van der Waals surface area contributed by atoms with Crippen LogP contribution in [0.1, 0.15) is 46.1 Å². The molecule has 0 spiro atoms. The second kappa shape index (κ2) is 9.75. The van der Waals surface area contributed by atoms with E-state index in [0.717, 1.165) is 38.7 Å². The molecule has 2 unspecified atom stereocenters. The zero-order valence-electron chi connectivity index (χ0n) is 19.4. The Labute approximate surface area is 198 Å². The van der Waals surface area contributed by atoms with Crippen LogP contribution in [0.5, 0.6) is 5.75 Å². The average Bonchev–Trinajstić information content (AvgIpc) is 3.34. The number of aryl methyl sites for hydroxylation is 2. The molecule has 1 aliphatic heterocycles. The monoisotopic (exact) mass is 463 g/mol. The molecule has 33 heavy (non-hydrogen) atoms. The lowest BCUT2D eigenvalue weighted by Gasteiger charge is -2.40. The molecule has 4 rings (SSSR count). The zero-order chi connectivity index (χ0) is 23.5. The molecule has 0 radical (unpaired) electrons. The number of ether oxygens (including phenoxy) is 1. The van der Waals surface area contributed by atoms with Crippen molar-refractivity contribution < 1.29 is 14.3 Å². The maximum atomic E-state index is 13.4. The van der Waals surface area contributed by atoms with E-state index in [0.29, 0.717) is 19.4 Å². The predicted molar refractivity (Wildman–Crippen MR) is 131 cm³/mol. The van der Waals surface area contributed by atoms with Gasteiger partial charge in [-0.1, -0.05) is 23.8 Å². The molecule has 2 amide bonds. The van der Waals surface area contributed by atoms with Crippen molar-refractivity contribution in [2.45, 2.75) is 46.2 Å². The second-order valence-corrected chi connectivity index (χ2v) is 9.45. The van der Waals surface area contributed by atoms with Crippen molar-refractivity contribution in [1.29, 1.82) is 0 Å². The Balaban J connectivity index is 1.61. The third-order valence-electron chi connectivity index (χ3n) is 6.26. The van der Waals surface area contributed by atoms with E-state index in [1.165, 1.54) is 0 Å². The highest BCUT2D eigenvalue weighted by Crippen LogP contribution is 2.41. The predicted octanol–water partition coefficient (Wildman–Crippen LogP) is 4.88. The van der Waals surface area contributed by atoms with E-state index >= 15 is 0 Å². The molecule has 1 N–H and O–H groups in total. The van der Waals surface area contributed by atoms with Gasteiger partial charge in [0.1, 0.15) is 5.75 Å². The van der Waals surface area contributed by atoms with Crippen LogP contribution < -0.4 is 15.0 Å². The lowest BCUT2D eigenvalue weighted by atomic mass is 9.86. The first-order chi connectivity index (χ1) is 15.9. The fourth-order valence-electron chi connectivity index (χ4n) is 4.51. The van der Waals surface area contributed by atoms with E-state index < -0.39 is 0 Å². The van der Waals surface area contributed by atoms with Gasteiger partial charge in [0.05, 0.1) is 31.3 Å². The number of anilines is 1. The van der Waals surface area contributed by atoms with Crippen molar-refractivity contribution in [2.24, 2.45) is 5.92 Å². The van der Waals surface area contributed by atoms with Gasteiger partial charge >= 0.3 is 0 Å². The second-order valence-electron chi connectivity index (χ2n) is 8.47. The van der Waals surface area contributed by atoms with Gasteiger partial charge in [0.15, 0.2) is 0 Å². The molecule has 7 heteroatoms. The number of aromatic nitrogens is 1. The van der Waals surface area contributed by atoms with Gasteiger partial charge in [0.2, 0.25) is 11.8 Å². The third-order valence-corrected chi connectivity index (χ3v) is 7.20. The van der Waals surface area contributed by atoms with Crippen molar-refractivity contribution in [1.82, 2.24) is 10.3 Å². The molecule has 6 nitrogen and oxygen atoms in total. The number of nitrogens with zero attached hydrogens (tertiary/aromatic N) is 2. The van der Waals surface area contributed by atoms with Crippen molar-refractivity contribution >= 4 is 28.8 Å². The fourth-order valence-corrected chi connectivity index (χ4v) is 5.39. The first-order valence-corrected chi connectivity index (χ1v) is 12.0. The summed E-state index contributed by atoms with van der Waals surface area (Å²) in [4.78, 5) is 33.8. The summed E-state index contributed by atoms with van der Waals surface area (Å²) in [7, 11) is 1.64. The summed E-state index contributed by atoms with van der Waals surface area (Å²) in [5.74, 6) is 0.413. The maximum absolute atomic E-state index is 13.4. The lowest BCUT2D eigenvalue weighted by Crippen LogP contribution is -2.48. The zero-order valence-corrected chi connectivity index (χ0v) is 20.2. The Morgan fingerprint density at radius 1 is 1.21 bits per heavy atom. The van der Waals surface area contributed by atoms with Crippen LogP contribution in [0.4, 0.5) is 5.69 Å². The van der Waals surface area contributed by atoms with Gasteiger partial charge in [-0.2, -0.15) is 0 Å². The minimum Gasteiger partial charge on any atom is -0.496 e. The molecule has 0 aliphatic carbocycles. The minimum atomic E-state index is -0.352. The Morgan fingerprint density at radius 3 is 2.64 bits per heavy atom. The smallest absolute Gasteiger partial charge is 0.227 e. The summed E-state index contributed by atoms with van der Waals surface area (Å²) < 4.78 is 5.49. The van der Waals surface area contributed by atoms with Crippen molar-refractivity contribution in [3.63, 3.8) is 0 Å².